The third kappa shape index (κ3) is 7.37. The van der Waals surface area contributed by atoms with Crippen LogP contribution >= 0.6 is 23.2 Å². The van der Waals surface area contributed by atoms with Gasteiger partial charge < -0.3 is 24.6 Å². The summed E-state index contributed by atoms with van der Waals surface area (Å²) in [6.45, 7) is 5.23. The summed E-state index contributed by atoms with van der Waals surface area (Å²) in [5, 5.41) is 16.0. The minimum absolute atomic E-state index is 0.390. The predicted octanol–water partition coefficient (Wildman–Crippen LogP) is 5.52. The van der Waals surface area contributed by atoms with E-state index in [4.69, 9.17) is 27.9 Å². The van der Waals surface area contributed by atoms with Crippen LogP contribution < -0.4 is 15.0 Å². The number of anilines is 1. The van der Waals surface area contributed by atoms with Crippen molar-refractivity contribution < 1.29 is 9.84 Å². The Morgan fingerprint density at radius 2 is 1.77 bits per heavy atom. The molecule has 8 heteroatoms. The van der Waals surface area contributed by atoms with Gasteiger partial charge in [0.2, 0.25) is 0 Å². The van der Waals surface area contributed by atoms with Gasteiger partial charge in [-0.15, -0.1) is 0 Å². The number of aromatic nitrogens is 2. The quantitative estimate of drug-likeness (QED) is 0.310. The summed E-state index contributed by atoms with van der Waals surface area (Å²) in [5.41, 5.74) is 0.859. The molecule has 0 saturated carbocycles. The molecular formula is C27H34Cl2N4O2. The number of aliphatic hydroxyl groups is 1. The molecule has 0 radical (unpaired) electrons. The summed E-state index contributed by atoms with van der Waals surface area (Å²) in [6.07, 6.45) is 9.76. The normalized spacial score (nSPS) is 15.7. The second-order valence-corrected chi connectivity index (χ2v) is 9.98. The standard InChI is InChI=1S/C27H34Cl2N4O2/c28-22-5-10-25(26(29)19-22)27(34,20-32-15-12-31-21-32)11-3-1-2-4-18-35-24-8-6-23(7-9-24)33-16-13-30-14-17-33/h5-10,12,15,19,21,30,34H,1-4,11,13-14,16-18,20H2. The summed E-state index contributed by atoms with van der Waals surface area (Å²) in [6, 6.07) is 13.7. The molecule has 1 unspecified atom stereocenters. The van der Waals surface area contributed by atoms with Crippen LogP contribution in [0, 0.1) is 0 Å². The van der Waals surface area contributed by atoms with Crippen LogP contribution in [0.2, 0.25) is 10.0 Å². The van der Waals surface area contributed by atoms with Crippen LogP contribution in [0.4, 0.5) is 5.69 Å². The van der Waals surface area contributed by atoms with E-state index in [0.29, 0.717) is 35.2 Å². The van der Waals surface area contributed by atoms with E-state index in [1.165, 1.54) is 5.69 Å². The highest BCUT2D eigenvalue weighted by molar-refractivity contribution is 6.35. The van der Waals surface area contributed by atoms with Crippen molar-refractivity contribution in [2.75, 3.05) is 37.7 Å². The molecule has 2 aromatic carbocycles. The van der Waals surface area contributed by atoms with Gasteiger partial charge in [0.1, 0.15) is 11.4 Å². The van der Waals surface area contributed by atoms with Gasteiger partial charge in [0.15, 0.2) is 0 Å². The molecule has 1 aliphatic heterocycles. The minimum Gasteiger partial charge on any atom is -0.494 e. The zero-order chi connectivity index (χ0) is 24.5. The van der Waals surface area contributed by atoms with Crippen molar-refractivity contribution in [2.24, 2.45) is 0 Å². The highest BCUT2D eigenvalue weighted by atomic mass is 35.5. The highest BCUT2D eigenvalue weighted by Gasteiger charge is 2.31. The maximum absolute atomic E-state index is 11.6. The number of unbranched alkanes of at least 4 members (excludes halogenated alkanes) is 3. The van der Waals surface area contributed by atoms with E-state index >= 15 is 0 Å². The number of piperazine rings is 1. The number of hydrogen-bond donors (Lipinski definition) is 2. The third-order valence-electron chi connectivity index (χ3n) is 6.51. The zero-order valence-corrected chi connectivity index (χ0v) is 21.5. The van der Waals surface area contributed by atoms with Crippen LogP contribution in [0.3, 0.4) is 0 Å². The van der Waals surface area contributed by atoms with E-state index in [9.17, 15) is 5.11 Å². The fraction of sp³-hybridized carbons (Fsp3) is 0.444. The molecule has 1 atom stereocenters. The maximum Gasteiger partial charge on any atom is 0.119 e. The molecule has 4 rings (SSSR count). The number of imidazole rings is 1. The average molecular weight is 518 g/mol. The summed E-state index contributed by atoms with van der Waals surface area (Å²) in [5.74, 6) is 0.913. The lowest BCUT2D eigenvalue weighted by molar-refractivity contribution is 0.00712. The van der Waals surface area contributed by atoms with Crippen molar-refractivity contribution in [3.63, 3.8) is 0 Å². The molecule has 6 nitrogen and oxygen atoms in total. The average Bonchev–Trinajstić information content (AvgIpc) is 3.37. The Hall–Kier alpha value is -2.25. The van der Waals surface area contributed by atoms with Gasteiger partial charge in [-0.3, -0.25) is 0 Å². The Kier molecular flexibility index (Phi) is 9.32. The van der Waals surface area contributed by atoms with E-state index in [2.05, 4.69) is 39.5 Å². The van der Waals surface area contributed by atoms with Crippen molar-refractivity contribution in [1.82, 2.24) is 14.9 Å². The highest BCUT2D eigenvalue weighted by Crippen LogP contribution is 2.36. The van der Waals surface area contributed by atoms with E-state index in [1.807, 2.05) is 16.8 Å². The third-order valence-corrected chi connectivity index (χ3v) is 7.06. The topological polar surface area (TPSA) is 62.6 Å². The number of hydrogen-bond acceptors (Lipinski definition) is 5. The number of nitrogens with zero attached hydrogens (tertiary/aromatic N) is 3. The number of ether oxygens (including phenoxy) is 1. The Morgan fingerprint density at radius 1 is 1.00 bits per heavy atom. The molecule has 1 aromatic heterocycles. The van der Waals surface area contributed by atoms with Gasteiger partial charge in [0.25, 0.3) is 0 Å². The van der Waals surface area contributed by atoms with E-state index < -0.39 is 5.60 Å². The fourth-order valence-corrected chi connectivity index (χ4v) is 5.17. The Balaban J connectivity index is 1.21. The Morgan fingerprint density at radius 3 is 2.49 bits per heavy atom. The van der Waals surface area contributed by atoms with Gasteiger partial charge in [-0.1, -0.05) is 48.5 Å². The molecule has 188 valence electrons. The molecule has 0 aliphatic carbocycles. The first-order chi connectivity index (χ1) is 17.0. The predicted molar refractivity (Wildman–Crippen MR) is 143 cm³/mol. The summed E-state index contributed by atoms with van der Waals surface area (Å²) < 4.78 is 7.82. The van der Waals surface area contributed by atoms with Gasteiger partial charge in [-0.2, -0.15) is 0 Å². The lowest BCUT2D eigenvalue weighted by atomic mass is 9.87. The lowest BCUT2D eigenvalue weighted by Gasteiger charge is -2.30. The second-order valence-electron chi connectivity index (χ2n) is 9.13. The molecular weight excluding hydrogens is 483 g/mol. The van der Waals surface area contributed by atoms with Crippen LogP contribution in [0.5, 0.6) is 5.75 Å². The molecule has 2 heterocycles. The number of halogens is 2. The van der Waals surface area contributed by atoms with Crippen molar-refractivity contribution >= 4 is 28.9 Å². The number of benzene rings is 2. The van der Waals surface area contributed by atoms with Crippen LogP contribution in [0.25, 0.3) is 0 Å². The summed E-state index contributed by atoms with van der Waals surface area (Å²) in [4.78, 5) is 6.49. The molecule has 0 spiro atoms. The minimum atomic E-state index is -1.09. The van der Waals surface area contributed by atoms with E-state index in [-0.39, 0.29) is 0 Å². The second kappa shape index (κ2) is 12.6. The first-order valence-electron chi connectivity index (χ1n) is 12.4. The SMILES string of the molecule is OC(CCCCCCOc1ccc(N2CCNCC2)cc1)(Cn1ccnc1)c1ccc(Cl)cc1Cl. The van der Waals surface area contributed by atoms with Gasteiger partial charge in [0, 0.05) is 59.9 Å². The van der Waals surface area contributed by atoms with Gasteiger partial charge in [0.05, 0.1) is 19.5 Å². The van der Waals surface area contributed by atoms with E-state index in [1.54, 1.807) is 24.7 Å². The zero-order valence-electron chi connectivity index (χ0n) is 20.0. The van der Waals surface area contributed by atoms with Crippen LogP contribution in [0.1, 0.15) is 37.7 Å². The van der Waals surface area contributed by atoms with Gasteiger partial charge in [-0.25, -0.2) is 4.98 Å². The molecule has 0 amide bonds. The first kappa shape index (κ1) is 25.8. The van der Waals surface area contributed by atoms with Crippen molar-refractivity contribution in [2.45, 2.75) is 44.2 Å². The summed E-state index contributed by atoms with van der Waals surface area (Å²) >= 11 is 12.5. The fourth-order valence-electron chi connectivity index (χ4n) is 4.59. The van der Waals surface area contributed by atoms with Crippen molar-refractivity contribution in [3.05, 3.63) is 76.8 Å². The molecule has 1 fully saturated rings. The molecule has 35 heavy (non-hydrogen) atoms. The maximum atomic E-state index is 11.6. The van der Waals surface area contributed by atoms with E-state index in [0.717, 1.165) is 57.6 Å². The summed E-state index contributed by atoms with van der Waals surface area (Å²) in [7, 11) is 0. The van der Waals surface area contributed by atoms with Crippen LogP contribution in [0.15, 0.2) is 61.2 Å². The van der Waals surface area contributed by atoms with Crippen LogP contribution in [-0.2, 0) is 12.1 Å². The van der Waals surface area contributed by atoms with Crippen molar-refractivity contribution in [3.8, 4) is 5.75 Å². The lowest BCUT2D eigenvalue weighted by Crippen LogP contribution is -2.43. The molecule has 3 aromatic rings. The molecule has 2 N–H and O–H groups in total. The van der Waals surface area contributed by atoms with Gasteiger partial charge >= 0.3 is 0 Å². The smallest absolute Gasteiger partial charge is 0.119 e. The van der Waals surface area contributed by atoms with Crippen molar-refractivity contribution in [1.29, 1.82) is 0 Å². The number of rotatable bonds is 12. The van der Waals surface area contributed by atoms with Crippen LogP contribution in [-0.4, -0.2) is 47.4 Å². The molecule has 0 bridgehead atoms. The molecule has 1 saturated heterocycles. The molecule has 1 aliphatic rings. The Labute approximate surface area is 217 Å². The Bertz CT molecular complexity index is 1040. The number of nitrogens with one attached hydrogen (secondary N) is 1. The first-order valence-corrected chi connectivity index (χ1v) is 13.1. The monoisotopic (exact) mass is 516 g/mol. The largest absolute Gasteiger partial charge is 0.494 e. The van der Waals surface area contributed by atoms with Gasteiger partial charge in [-0.05, 0) is 49.2 Å².